The van der Waals surface area contributed by atoms with Gasteiger partial charge in [-0.15, -0.1) is 0 Å². The van der Waals surface area contributed by atoms with Crippen molar-refractivity contribution < 1.29 is 9.18 Å². The third-order valence-corrected chi connectivity index (χ3v) is 3.21. The molecular formula is C15H13ClFNO. The number of aldehydes is 1. The molecule has 0 bridgehead atoms. The lowest BCUT2D eigenvalue weighted by molar-refractivity contribution is 0.112. The number of nitrogens with zero attached hydrogens (tertiary/aromatic N) is 1. The highest BCUT2D eigenvalue weighted by atomic mass is 35.5. The van der Waals surface area contributed by atoms with Gasteiger partial charge in [0.25, 0.3) is 0 Å². The Hall–Kier alpha value is -1.87. The maximum Gasteiger partial charge on any atom is 0.151 e. The van der Waals surface area contributed by atoms with Crippen molar-refractivity contribution >= 4 is 23.6 Å². The van der Waals surface area contributed by atoms with E-state index in [1.807, 2.05) is 18.0 Å². The zero-order valence-corrected chi connectivity index (χ0v) is 11.2. The van der Waals surface area contributed by atoms with Gasteiger partial charge in [-0.1, -0.05) is 23.7 Å². The van der Waals surface area contributed by atoms with Crippen LogP contribution in [-0.4, -0.2) is 13.3 Å². The molecule has 4 heteroatoms. The molecule has 0 saturated carbocycles. The Balaban J connectivity index is 2.15. The lowest BCUT2D eigenvalue weighted by Crippen LogP contribution is -2.16. The third kappa shape index (κ3) is 3.32. The van der Waals surface area contributed by atoms with Crippen LogP contribution in [0.15, 0.2) is 42.5 Å². The summed E-state index contributed by atoms with van der Waals surface area (Å²) >= 11 is 5.99. The molecule has 0 aliphatic heterocycles. The van der Waals surface area contributed by atoms with E-state index in [-0.39, 0.29) is 5.82 Å². The van der Waals surface area contributed by atoms with E-state index >= 15 is 0 Å². The van der Waals surface area contributed by atoms with Gasteiger partial charge in [-0.25, -0.2) is 4.39 Å². The van der Waals surface area contributed by atoms with Crippen LogP contribution < -0.4 is 4.90 Å². The van der Waals surface area contributed by atoms with Crippen LogP contribution in [0.4, 0.5) is 10.1 Å². The van der Waals surface area contributed by atoms with E-state index in [0.29, 0.717) is 17.1 Å². The van der Waals surface area contributed by atoms with Crippen molar-refractivity contribution in [2.75, 3.05) is 11.9 Å². The molecule has 0 atom stereocenters. The molecular weight excluding hydrogens is 265 g/mol. The first kappa shape index (κ1) is 13.6. The molecule has 2 aromatic carbocycles. The van der Waals surface area contributed by atoms with Crippen LogP contribution in [0.25, 0.3) is 0 Å². The summed E-state index contributed by atoms with van der Waals surface area (Å²) in [5.41, 5.74) is 2.38. The molecule has 0 fully saturated rings. The Morgan fingerprint density at radius 3 is 2.47 bits per heavy atom. The van der Waals surface area contributed by atoms with Crippen molar-refractivity contribution in [3.8, 4) is 0 Å². The Morgan fingerprint density at radius 2 is 1.89 bits per heavy atom. The second kappa shape index (κ2) is 5.85. The Kier molecular flexibility index (Phi) is 4.17. The SMILES string of the molecule is CN(Cc1ccc(F)cc1)c1ccc(C=O)c(Cl)c1. The van der Waals surface area contributed by atoms with E-state index < -0.39 is 0 Å². The maximum atomic E-state index is 12.8. The Labute approximate surface area is 116 Å². The van der Waals surface area contributed by atoms with Crippen molar-refractivity contribution in [3.63, 3.8) is 0 Å². The summed E-state index contributed by atoms with van der Waals surface area (Å²) < 4.78 is 12.8. The van der Waals surface area contributed by atoms with Crippen LogP contribution in [0, 0.1) is 5.82 Å². The number of benzene rings is 2. The number of rotatable bonds is 4. The smallest absolute Gasteiger partial charge is 0.151 e. The zero-order valence-electron chi connectivity index (χ0n) is 10.4. The van der Waals surface area contributed by atoms with Crippen LogP contribution in [0.1, 0.15) is 15.9 Å². The molecule has 0 aliphatic carbocycles. The molecule has 2 rings (SSSR count). The molecule has 0 heterocycles. The summed E-state index contributed by atoms with van der Waals surface area (Å²) in [5, 5.41) is 0.429. The summed E-state index contributed by atoms with van der Waals surface area (Å²) in [6.07, 6.45) is 0.728. The topological polar surface area (TPSA) is 20.3 Å². The van der Waals surface area contributed by atoms with E-state index in [9.17, 15) is 9.18 Å². The van der Waals surface area contributed by atoms with Crippen molar-refractivity contribution in [1.29, 1.82) is 0 Å². The Morgan fingerprint density at radius 1 is 1.21 bits per heavy atom. The normalized spacial score (nSPS) is 10.3. The van der Waals surface area contributed by atoms with E-state index in [1.165, 1.54) is 12.1 Å². The molecule has 2 nitrogen and oxygen atoms in total. The van der Waals surface area contributed by atoms with Gasteiger partial charge < -0.3 is 4.90 Å². The summed E-state index contributed by atoms with van der Waals surface area (Å²) in [4.78, 5) is 12.7. The molecule has 19 heavy (non-hydrogen) atoms. The van der Waals surface area contributed by atoms with Crippen LogP contribution in [0.3, 0.4) is 0 Å². The minimum Gasteiger partial charge on any atom is -0.370 e. The molecule has 2 aromatic rings. The van der Waals surface area contributed by atoms with Crippen molar-refractivity contribution in [3.05, 3.63) is 64.4 Å². The van der Waals surface area contributed by atoms with Gasteiger partial charge >= 0.3 is 0 Å². The second-order valence-corrected chi connectivity index (χ2v) is 4.71. The summed E-state index contributed by atoms with van der Waals surface area (Å²) in [5.74, 6) is -0.246. The lowest BCUT2D eigenvalue weighted by atomic mass is 10.1. The van der Waals surface area contributed by atoms with E-state index in [0.717, 1.165) is 17.5 Å². The van der Waals surface area contributed by atoms with Crippen molar-refractivity contribution in [1.82, 2.24) is 0 Å². The van der Waals surface area contributed by atoms with E-state index in [4.69, 9.17) is 11.6 Å². The average molecular weight is 278 g/mol. The Bertz CT molecular complexity index is 583. The number of hydrogen-bond acceptors (Lipinski definition) is 2. The van der Waals surface area contributed by atoms with Crippen LogP contribution in [0.2, 0.25) is 5.02 Å². The summed E-state index contributed by atoms with van der Waals surface area (Å²) in [6.45, 7) is 0.636. The molecule has 0 amide bonds. The number of carbonyl (C=O) groups is 1. The fraction of sp³-hybridized carbons (Fsp3) is 0.133. The largest absolute Gasteiger partial charge is 0.370 e. The minimum atomic E-state index is -0.246. The highest BCUT2D eigenvalue weighted by Crippen LogP contribution is 2.23. The van der Waals surface area contributed by atoms with Crippen molar-refractivity contribution in [2.45, 2.75) is 6.54 Å². The molecule has 0 radical (unpaired) electrons. The fourth-order valence-corrected chi connectivity index (χ4v) is 2.02. The number of hydrogen-bond donors (Lipinski definition) is 0. The van der Waals surface area contributed by atoms with Gasteiger partial charge in [0, 0.05) is 24.8 Å². The molecule has 0 N–H and O–H groups in total. The number of carbonyl (C=O) groups excluding carboxylic acids is 1. The average Bonchev–Trinajstić information content (AvgIpc) is 2.41. The third-order valence-electron chi connectivity index (χ3n) is 2.88. The molecule has 0 spiro atoms. The molecule has 0 aliphatic rings. The van der Waals surface area contributed by atoms with Crippen LogP contribution >= 0.6 is 11.6 Å². The lowest BCUT2D eigenvalue weighted by Gasteiger charge is -2.20. The first-order chi connectivity index (χ1) is 9.10. The molecule has 0 unspecified atom stereocenters. The maximum absolute atomic E-state index is 12.8. The van der Waals surface area contributed by atoms with Gasteiger partial charge in [0.2, 0.25) is 0 Å². The van der Waals surface area contributed by atoms with Gasteiger partial charge in [0.05, 0.1) is 5.02 Å². The first-order valence-electron chi connectivity index (χ1n) is 5.80. The monoisotopic (exact) mass is 277 g/mol. The van der Waals surface area contributed by atoms with Gasteiger partial charge in [-0.2, -0.15) is 0 Å². The highest BCUT2D eigenvalue weighted by Gasteiger charge is 2.06. The van der Waals surface area contributed by atoms with Gasteiger partial charge in [0.1, 0.15) is 5.82 Å². The van der Waals surface area contributed by atoms with Gasteiger partial charge in [0.15, 0.2) is 6.29 Å². The zero-order chi connectivity index (χ0) is 13.8. The number of anilines is 1. The minimum absolute atomic E-state index is 0.246. The second-order valence-electron chi connectivity index (χ2n) is 4.31. The van der Waals surface area contributed by atoms with Crippen molar-refractivity contribution in [2.24, 2.45) is 0 Å². The standard InChI is InChI=1S/C15H13ClFNO/c1-18(9-11-2-5-13(17)6-3-11)14-7-4-12(10-19)15(16)8-14/h2-8,10H,9H2,1H3. The van der Waals surface area contributed by atoms with E-state index in [1.54, 1.807) is 24.3 Å². The van der Waals surface area contributed by atoms with Gasteiger partial charge in [-0.3, -0.25) is 4.79 Å². The molecule has 0 saturated heterocycles. The predicted molar refractivity (Wildman–Crippen MR) is 75.3 cm³/mol. The van der Waals surface area contributed by atoms with Crippen LogP contribution in [0.5, 0.6) is 0 Å². The first-order valence-corrected chi connectivity index (χ1v) is 6.18. The molecule has 98 valence electrons. The predicted octanol–water partition coefficient (Wildman–Crippen LogP) is 3.93. The summed E-state index contributed by atoms with van der Waals surface area (Å²) in [7, 11) is 1.91. The van der Waals surface area contributed by atoms with Crippen LogP contribution in [-0.2, 0) is 6.54 Å². The quantitative estimate of drug-likeness (QED) is 0.789. The van der Waals surface area contributed by atoms with Gasteiger partial charge in [-0.05, 0) is 35.9 Å². The van der Waals surface area contributed by atoms with E-state index in [2.05, 4.69) is 0 Å². The summed E-state index contributed by atoms with van der Waals surface area (Å²) in [6, 6.07) is 11.6. The fourth-order valence-electron chi connectivity index (χ4n) is 1.80. The highest BCUT2D eigenvalue weighted by molar-refractivity contribution is 6.33. The number of halogens is 2. The molecule has 0 aromatic heterocycles.